The maximum atomic E-state index is 12.9. The number of carbonyl (C=O) groups is 1. The predicted molar refractivity (Wildman–Crippen MR) is 135 cm³/mol. The van der Waals surface area contributed by atoms with Gasteiger partial charge >= 0.3 is 0 Å². The number of fused-ring (bicyclic) bond motifs is 3. The maximum Gasteiger partial charge on any atom is 0.255 e. The predicted octanol–water partition coefficient (Wildman–Crippen LogP) is 5.32. The van der Waals surface area contributed by atoms with E-state index in [-0.39, 0.29) is 11.3 Å². The smallest absolute Gasteiger partial charge is 0.255 e. The highest BCUT2D eigenvalue weighted by Gasteiger charge is 2.51. The normalized spacial score (nSPS) is 25.3. The average Bonchev–Trinajstić information content (AvgIpc) is 2.85. The Morgan fingerprint density at radius 2 is 2.00 bits per heavy atom. The van der Waals surface area contributed by atoms with Gasteiger partial charge in [0, 0.05) is 17.2 Å². The van der Waals surface area contributed by atoms with Crippen molar-refractivity contribution in [1.29, 1.82) is 0 Å². The van der Waals surface area contributed by atoms with Crippen molar-refractivity contribution in [3.8, 4) is 11.8 Å². The van der Waals surface area contributed by atoms with Crippen molar-refractivity contribution in [1.82, 2.24) is 4.98 Å². The topological polar surface area (TPSA) is 62.2 Å². The van der Waals surface area contributed by atoms with Crippen molar-refractivity contribution < 1.29 is 9.90 Å². The summed E-state index contributed by atoms with van der Waals surface area (Å²) < 4.78 is 0. The second kappa shape index (κ2) is 9.08. The van der Waals surface area contributed by atoms with Crippen molar-refractivity contribution in [2.24, 2.45) is 5.92 Å². The lowest BCUT2D eigenvalue weighted by Gasteiger charge is -2.52. The molecule has 1 fully saturated rings. The van der Waals surface area contributed by atoms with Gasteiger partial charge in [-0.25, -0.2) is 0 Å². The number of amides is 1. The van der Waals surface area contributed by atoms with Gasteiger partial charge in [-0.2, -0.15) is 0 Å². The zero-order valence-electron chi connectivity index (χ0n) is 19.6. The summed E-state index contributed by atoms with van der Waals surface area (Å²) in [6, 6.07) is 20.5. The molecule has 2 aliphatic rings. The number of nitrogens with zero attached hydrogens (tertiary/aromatic N) is 1. The van der Waals surface area contributed by atoms with Crippen LogP contribution in [0.3, 0.4) is 0 Å². The summed E-state index contributed by atoms with van der Waals surface area (Å²) in [7, 11) is 0. The minimum atomic E-state index is -0.902. The largest absolute Gasteiger partial charge is 0.378 e. The van der Waals surface area contributed by atoms with Gasteiger partial charge in [-0.3, -0.25) is 9.78 Å². The van der Waals surface area contributed by atoms with E-state index in [4.69, 9.17) is 0 Å². The molecule has 1 heterocycles. The van der Waals surface area contributed by atoms with Gasteiger partial charge in [-0.1, -0.05) is 42.3 Å². The molecule has 2 aliphatic carbocycles. The monoisotopic (exact) mass is 450 g/mol. The molecule has 4 nitrogen and oxygen atoms in total. The summed E-state index contributed by atoms with van der Waals surface area (Å²) in [5.41, 5.74) is 4.28. The Labute approximate surface area is 201 Å². The second-order valence-corrected chi connectivity index (χ2v) is 9.73. The molecular weight excluding hydrogens is 420 g/mol. The minimum absolute atomic E-state index is 0.0606. The fourth-order valence-corrected chi connectivity index (χ4v) is 6.10. The third-order valence-electron chi connectivity index (χ3n) is 7.66. The van der Waals surface area contributed by atoms with Gasteiger partial charge in [0.25, 0.3) is 5.91 Å². The first-order chi connectivity index (χ1) is 16.5. The third-order valence-corrected chi connectivity index (χ3v) is 7.66. The fraction of sp³-hybridized carbons (Fsp3) is 0.333. The number of benzene rings is 2. The van der Waals surface area contributed by atoms with Gasteiger partial charge in [-0.15, -0.1) is 5.92 Å². The summed E-state index contributed by atoms with van der Waals surface area (Å²) in [4.78, 5) is 17.0. The lowest BCUT2D eigenvalue weighted by molar-refractivity contribution is -0.00801. The Kier molecular flexibility index (Phi) is 5.98. The lowest BCUT2D eigenvalue weighted by atomic mass is 9.52. The number of hydrogen-bond donors (Lipinski definition) is 2. The summed E-state index contributed by atoms with van der Waals surface area (Å²) in [5.74, 6) is 6.26. The van der Waals surface area contributed by atoms with E-state index in [1.165, 1.54) is 16.7 Å². The highest BCUT2D eigenvalue weighted by molar-refractivity contribution is 6.04. The first-order valence-corrected chi connectivity index (χ1v) is 12.1. The number of carbonyl (C=O) groups excluding carboxylic acids is 1. The lowest BCUT2D eigenvalue weighted by Crippen LogP contribution is -2.50. The van der Waals surface area contributed by atoms with Gasteiger partial charge in [0.2, 0.25) is 0 Å². The van der Waals surface area contributed by atoms with E-state index in [0.29, 0.717) is 30.0 Å². The second-order valence-electron chi connectivity index (χ2n) is 9.73. The molecule has 0 spiro atoms. The van der Waals surface area contributed by atoms with Crippen LogP contribution in [0.4, 0.5) is 5.69 Å². The Morgan fingerprint density at radius 1 is 1.15 bits per heavy atom. The van der Waals surface area contributed by atoms with Crippen molar-refractivity contribution in [2.45, 2.75) is 56.5 Å². The summed E-state index contributed by atoms with van der Waals surface area (Å²) in [6.45, 7) is 1.80. The Morgan fingerprint density at radius 3 is 2.76 bits per heavy atom. The molecule has 172 valence electrons. The van der Waals surface area contributed by atoms with Crippen LogP contribution in [0.25, 0.3) is 0 Å². The summed E-state index contributed by atoms with van der Waals surface area (Å²) in [5, 5.41) is 14.1. The molecule has 1 saturated carbocycles. The highest BCUT2D eigenvalue weighted by Crippen LogP contribution is 2.54. The molecule has 5 rings (SSSR count). The van der Waals surface area contributed by atoms with Crippen molar-refractivity contribution in [2.75, 3.05) is 5.32 Å². The Hall–Kier alpha value is -3.42. The molecule has 0 saturated heterocycles. The number of aliphatic hydroxyl groups is 1. The molecule has 0 aliphatic heterocycles. The molecule has 0 bridgehead atoms. The zero-order valence-corrected chi connectivity index (χ0v) is 19.6. The van der Waals surface area contributed by atoms with Crippen molar-refractivity contribution in [3.63, 3.8) is 0 Å². The van der Waals surface area contributed by atoms with E-state index >= 15 is 0 Å². The first kappa shape index (κ1) is 22.4. The molecule has 4 heteroatoms. The number of rotatable bonds is 4. The average molecular weight is 451 g/mol. The molecule has 3 atom stereocenters. The zero-order chi connectivity index (χ0) is 23.6. The molecule has 34 heavy (non-hydrogen) atoms. The molecule has 1 aromatic heterocycles. The molecule has 0 radical (unpaired) electrons. The van der Waals surface area contributed by atoms with E-state index in [2.05, 4.69) is 64.6 Å². The molecule has 2 aromatic carbocycles. The fourth-order valence-electron chi connectivity index (χ4n) is 6.10. The van der Waals surface area contributed by atoms with Crippen LogP contribution in [0.2, 0.25) is 0 Å². The molecule has 1 amide bonds. The van der Waals surface area contributed by atoms with Crippen LogP contribution < -0.4 is 5.32 Å². The van der Waals surface area contributed by atoms with Crippen LogP contribution in [0, 0.1) is 17.8 Å². The van der Waals surface area contributed by atoms with Gasteiger partial charge in [0.15, 0.2) is 0 Å². The highest BCUT2D eigenvalue weighted by atomic mass is 16.3. The number of hydrogen-bond acceptors (Lipinski definition) is 3. The standard InChI is InChI=1S/C30H30N2O2/c1-2-14-29(34)15-16-30(19-22-7-4-3-5-8-22)25(20-29)12-10-23-18-24(11-13-27(23)30)28(33)32-26-9-6-17-31-21-26/h3-9,11,13,17-18,21,25,34H,10,12,15-16,19-20H2,1H3,(H,32,33)/t25-,29-,30+/m1/s1. The van der Waals surface area contributed by atoms with Crippen LogP contribution in [-0.4, -0.2) is 21.6 Å². The van der Waals surface area contributed by atoms with E-state index < -0.39 is 5.60 Å². The van der Waals surface area contributed by atoms with Gasteiger partial charge in [0.1, 0.15) is 5.60 Å². The van der Waals surface area contributed by atoms with Crippen LogP contribution in [0.15, 0.2) is 73.1 Å². The third kappa shape index (κ3) is 4.24. The maximum absolute atomic E-state index is 12.9. The molecule has 3 aromatic rings. The van der Waals surface area contributed by atoms with Crippen molar-refractivity contribution >= 4 is 11.6 Å². The van der Waals surface area contributed by atoms with Crippen LogP contribution in [0.5, 0.6) is 0 Å². The van der Waals surface area contributed by atoms with E-state index in [0.717, 1.165) is 25.7 Å². The van der Waals surface area contributed by atoms with Crippen LogP contribution >= 0.6 is 0 Å². The van der Waals surface area contributed by atoms with Crippen LogP contribution in [-0.2, 0) is 18.3 Å². The minimum Gasteiger partial charge on any atom is -0.378 e. The summed E-state index contributed by atoms with van der Waals surface area (Å²) in [6.07, 6.45) is 8.41. The molecular formula is C30H30N2O2. The number of nitrogens with one attached hydrogen (secondary N) is 1. The molecule has 2 N–H and O–H groups in total. The van der Waals surface area contributed by atoms with Gasteiger partial charge < -0.3 is 10.4 Å². The van der Waals surface area contributed by atoms with Gasteiger partial charge in [0.05, 0.1) is 11.9 Å². The van der Waals surface area contributed by atoms with Crippen LogP contribution in [0.1, 0.15) is 59.7 Å². The van der Waals surface area contributed by atoms with E-state index in [1.54, 1.807) is 19.3 Å². The van der Waals surface area contributed by atoms with Crippen molar-refractivity contribution in [3.05, 3.63) is 95.3 Å². The Balaban J connectivity index is 1.50. The molecule has 0 unspecified atom stereocenters. The number of pyridine rings is 1. The SMILES string of the molecule is CC#C[C@@]1(O)CC[C@@]2(Cc3ccccc3)c3ccc(C(=O)Nc4cccnc4)cc3CC[C@@H]2C1. The summed E-state index contributed by atoms with van der Waals surface area (Å²) >= 11 is 0. The number of anilines is 1. The Bertz CT molecular complexity index is 1250. The van der Waals surface area contributed by atoms with Gasteiger partial charge in [-0.05, 0) is 92.3 Å². The first-order valence-electron chi connectivity index (χ1n) is 12.1. The van der Waals surface area contributed by atoms with E-state index in [1.807, 2.05) is 18.2 Å². The number of aromatic nitrogens is 1. The van der Waals surface area contributed by atoms with E-state index in [9.17, 15) is 9.90 Å². The number of aryl methyl sites for hydroxylation is 1. The quantitative estimate of drug-likeness (QED) is 0.529.